The van der Waals surface area contributed by atoms with Crippen molar-refractivity contribution >= 4 is 23.2 Å². The van der Waals surface area contributed by atoms with Gasteiger partial charge in [-0.3, -0.25) is 4.79 Å². The first-order chi connectivity index (χ1) is 9.52. The van der Waals surface area contributed by atoms with E-state index >= 15 is 0 Å². The van der Waals surface area contributed by atoms with E-state index in [9.17, 15) is 4.79 Å². The number of hydrogen-bond donors (Lipinski definition) is 2. The van der Waals surface area contributed by atoms with Crippen molar-refractivity contribution in [3.8, 4) is 0 Å². The van der Waals surface area contributed by atoms with E-state index in [1.54, 1.807) is 18.2 Å². The molecule has 1 rings (SSSR count). The number of rotatable bonds is 8. The summed E-state index contributed by atoms with van der Waals surface area (Å²) >= 11 is 5.87. The van der Waals surface area contributed by atoms with Crippen LogP contribution >= 0.6 is 11.6 Å². The van der Waals surface area contributed by atoms with Gasteiger partial charge in [-0.05, 0) is 38.5 Å². The first-order valence-corrected chi connectivity index (χ1v) is 7.31. The fourth-order valence-corrected chi connectivity index (χ4v) is 2.13. The van der Waals surface area contributed by atoms with Crippen LogP contribution < -0.4 is 5.32 Å². The minimum atomic E-state index is -0.0260. The maximum Gasteiger partial charge on any atom is 0.225 e. The standard InChI is InChI=1S/C15H23ClN2O2/c1-12(2)18(8-4-10-19)9-7-15(20)17-14-6-3-5-13(16)11-14/h3,5-6,11-12,19H,4,7-10H2,1-2H3,(H,17,20). The fraction of sp³-hybridized carbons (Fsp3) is 0.533. The van der Waals surface area contributed by atoms with Crippen molar-refractivity contribution in [3.63, 3.8) is 0 Å². The van der Waals surface area contributed by atoms with Crippen LogP contribution in [-0.2, 0) is 4.79 Å². The SMILES string of the molecule is CC(C)N(CCCO)CCC(=O)Nc1cccc(Cl)c1. The predicted octanol–water partition coefficient (Wildman–Crippen LogP) is 2.76. The smallest absolute Gasteiger partial charge is 0.225 e. The molecule has 0 heterocycles. The molecule has 4 nitrogen and oxygen atoms in total. The highest BCUT2D eigenvalue weighted by atomic mass is 35.5. The summed E-state index contributed by atoms with van der Waals surface area (Å²) in [5, 5.41) is 12.3. The molecule has 2 N–H and O–H groups in total. The van der Waals surface area contributed by atoms with E-state index in [0.717, 1.165) is 13.0 Å². The van der Waals surface area contributed by atoms with Crippen LogP contribution in [-0.4, -0.2) is 41.7 Å². The van der Waals surface area contributed by atoms with Crippen molar-refractivity contribution in [2.24, 2.45) is 0 Å². The zero-order valence-electron chi connectivity index (χ0n) is 12.1. The van der Waals surface area contributed by atoms with Gasteiger partial charge in [0.05, 0.1) is 0 Å². The number of carbonyl (C=O) groups is 1. The molecule has 0 unspecified atom stereocenters. The van der Waals surface area contributed by atoms with Crippen LogP contribution in [0.15, 0.2) is 24.3 Å². The van der Waals surface area contributed by atoms with Gasteiger partial charge in [-0.2, -0.15) is 0 Å². The van der Waals surface area contributed by atoms with Gasteiger partial charge in [0.15, 0.2) is 0 Å². The van der Waals surface area contributed by atoms with Crippen molar-refractivity contribution < 1.29 is 9.90 Å². The normalized spacial score (nSPS) is 11.1. The molecule has 20 heavy (non-hydrogen) atoms. The van der Waals surface area contributed by atoms with Gasteiger partial charge in [0, 0.05) is 42.9 Å². The molecule has 0 fully saturated rings. The summed E-state index contributed by atoms with van der Waals surface area (Å²) in [6.45, 7) is 5.85. The van der Waals surface area contributed by atoms with Crippen molar-refractivity contribution in [2.75, 3.05) is 25.0 Å². The summed E-state index contributed by atoms with van der Waals surface area (Å²) in [6.07, 6.45) is 1.16. The maximum atomic E-state index is 11.9. The van der Waals surface area contributed by atoms with Gasteiger partial charge in [0.1, 0.15) is 0 Å². The number of benzene rings is 1. The molecule has 1 aromatic rings. The summed E-state index contributed by atoms with van der Waals surface area (Å²) in [5.74, 6) is -0.0260. The molecule has 0 aliphatic heterocycles. The Hall–Kier alpha value is -1.10. The third-order valence-corrected chi connectivity index (χ3v) is 3.30. The number of anilines is 1. The van der Waals surface area contributed by atoms with Crippen molar-refractivity contribution in [3.05, 3.63) is 29.3 Å². The minimum Gasteiger partial charge on any atom is -0.396 e. The summed E-state index contributed by atoms with van der Waals surface area (Å²) in [5.41, 5.74) is 0.717. The van der Waals surface area contributed by atoms with Crippen LogP contribution in [0.25, 0.3) is 0 Å². The molecule has 0 saturated heterocycles. The average molecular weight is 299 g/mol. The lowest BCUT2D eigenvalue weighted by Gasteiger charge is -2.25. The zero-order valence-corrected chi connectivity index (χ0v) is 12.9. The van der Waals surface area contributed by atoms with Crippen LogP contribution in [0, 0.1) is 0 Å². The Balaban J connectivity index is 2.41. The second-order valence-corrected chi connectivity index (χ2v) is 5.45. The lowest BCUT2D eigenvalue weighted by Crippen LogP contribution is -2.35. The van der Waals surface area contributed by atoms with Crippen LogP contribution in [0.5, 0.6) is 0 Å². The Morgan fingerprint density at radius 2 is 2.15 bits per heavy atom. The van der Waals surface area contributed by atoms with Gasteiger partial charge in [-0.25, -0.2) is 0 Å². The lowest BCUT2D eigenvalue weighted by atomic mass is 10.2. The summed E-state index contributed by atoms with van der Waals surface area (Å²) in [6, 6.07) is 7.48. The van der Waals surface area contributed by atoms with Crippen LogP contribution in [0.2, 0.25) is 5.02 Å². The second-order valence-electron chi connectivity index (χ2n) is 5.02. The average Bonchev–Trinajstić information content (AvgIpc) is 2.38. The molecule has 112 valence electrons. The second kappa shape index (κ2) is 8.95. The molecule has 1 amide bonds. The molecular formula is C15H23ClN2O2. The number of nitrogens with one attached hydrogen (secondary N) is 1. The first-order valence-electron chi connectivity index (χ1n) is 6.93. The van der Waals surface area contributed by atoms with Crippen molar-refractivity contribution in [1.29, 1.82) is 0 Å². The molecule has 5 heteroatoms. The van der Waals surface area contributed by atoms with Crippen molar-refractivity contribution in [2.45, 2.75) is 32.7 Å². The van der Waals surface area contributed by atoms with Gasteiger partial charge in [-0.1, -0.05) is 17.7 Å². The van der Waals surface area contributed by atoms with Gasteiger partial charge < -0.3 is 15.3 Å². The van der Waals surface area contributed by atoms with E-state index in [4.69, 9.17) is 16.7 Å². The predicted molar refractivity (Wildman–Crippen MR) is 83.1 cm³/mol. The Morgan fingerprint density at radius 1 is 1.40 bits per heavy atom. The maximum absolute atomic E-state index is 11.9. The van der Waals surface area contributed by atoms with E-state index in [0.29, 0.717) is 29.7 Å². The highest BCUT2D eigenvalue weighted by Gasteiger charge is 2.11. The topological polar surface area (TPSA) is 52.6 Å². The first kappa shape index (κ1) is 17.0. The highest BCUT2D eigenvalue weighted by molar-refractivity contribution is 6.30. The number of hydrogen-bond acceptors (Lipinski definition) is 3. The monoisotopic (exact) mass is 298 g/mol. The number of halogens is 1. The Kier molecular flexibility index (Phi) is 7.59. The third-order valence-electron chi connectivity index (χ3n) is 3.07. The zero-order chi connectivity index (χ0) is 15.0. The van der Waals surface area contributed by atoms with E-state index in [1.807, 2.05) is 6.07 Å². The molecule has 0 atom stereocenters. The van der Waals surface area contributed by atoms with Crippen LogP contribution in [0.1, 0.15) is 26.7 Å². The van der Waals surface area contributed by atoms with Crippen LogP contribution in [0.4, 0.5) is 5.69 Å². The van der Waals surface area contributed by atoms with E-state index in [2.05, 4.69) is 24.1 Å². The number of amides is 1. The molecule has 0 aliphatic rings. The summed E-state index contributed by atoms with van der Waals surface area (Å²) in [4.78, 5) is 14.1. The van der Waals surface area contributed by atoms with E-state index in [-0.39, 0.29) is 12.5 Å². The Morgan fingerprint density at radius 3 is 2.75 bits per heavy atom. The van der Waals surface area contributed by atoms with Crippen molar-refractivity contribution in [1.82, 2.24) is 4.90 Å². The minimum absolute atomic E-state index is 0.0260. The number of aliphatic hydroxyl groups is 1. The summed E-state index contributed by atoms with van der Waals surface area (Å²) in [7, 11) is 0. The van der Waals surface area contributed by atoms with Gasteiger partial charge >= 0.3 is 0 Å². The van der Waals surface area contributed by atoms with Gasteiger partial charge in [0.2, 0.25) is 5.91 Å². The largest absolute Gasteiger partial charge is 0.396 e. The quantitative estimate of drug-likeness (QED) is 0.776. The van der Waals surface area contributed by atoms with E-state index < -0.39 is 0 Å². The van der Waals surface area contributed by atoms with Gasteiger partial charge in [-0.15, -0.1) is 0 Å². The molecular weight excluding hydrogens is 276 g/mol. The molecule has 0 saturated carbocycles. The number of carbonyl (C=O) groups excluding carboxylic acids is 1. The van der Waals surface area contributed by atoms with Gasteiger partial charge in [0.25, 0.3) is 0 Å². The third kappa shape index (κ3) is 6.37. The summed E-state index contributed by atoms with van der Waals surface area (Å²) < 4.78 is 0. The molecule has 0 radical (unpaired) electrons. The molecule has 0 spiro atoms. The molecule has 1 aromatic carbocycles. The lowest BCUT2D eigenvalue weighted by molar-refractivity contribution is -0.116. The Bertz CT molecular complexity index is 424. The molecule has 0 aliphatic carbocycles. The fourth-order valence-electron chi connectivity index (χ4n) is 1.94. The highest BCUT2D eigenvalue weighted by Crippen LogP contribution is 2.15. The molecule has 0 bridgehead atoms. The molecule has 0 aromatic heterocycles. The van der Waals surface area contributed by atoms with Crippen LogP contribution in [0.3, 0.4) is 0 Å². The number of nitrogens with zero attached hydrogens (tertiary/aromatic N) is 1. The number of aliphatic hydroxyl groups excluding tert-OH is 1. The Labute approximate surface area is 125 Å². The van der Waals surface area contributed by atoms with E-state index in [1.165, 1.54) is 0 Å².